The van der Waals surface area contributed by atoms with Crippen LogP contribution in [-0.4, -0.2) is 44.2 Å². The Labute approximate surface area is 114 Å². The van der Waals surface area contributed by atoms with Crippen LogP contribution >= 0.6 is 0 Å². The highest BCUT2D eigenvalue weighted by Gasteiger charge is 2.19. The van der Waals surface area contributed by atoms with Crippen LogP contribution in [0.2, 0.25) is 0 Å². The van der Waals surface area contributed by atoms with Gasteiger partial charge in [0, 0.05) is 18.3 Å². The maximum atomic E-state index is 11.7. The van der Waals surface area contributed by atoms with E-state index in [-0.39, 0.29) is 5.97 Å². The van der Waals surface area contributed by atoms with Crippen molar-refractivity contribution in [2.45, 2.75) is 25.3 Å². The zero-order valence-electron chi connectivity index (χ0n) is 11.7. The number of likely N-dealkylation sites (N-methyl/N-ethyl adjacent to an activating group) is 1. The molecule has 0 amide bonds. The maximum Gasteiger partial charge on any atom is 0.339 e. The Morgan fingerprint density at radius 1 is 1.42 bits per heavy atom. The van der Waals surface area contributed by atoms with Gasteiger partial charge in [0.2, 0.25) is 0 Å². The summed E-state index contributed by atoms with van der Waals surface area (Å²) in [7, 11) is 3.58. The van der Waals surface area contributed by atoms with Crippen molar-refractivity contribution in [3.05, 3.63) is 29.8 Å². The number of carbonyl (C=O) groups is 1. The summed E-state index contributed by atoms with van der Waals surface area (Å²) >= 11 is 0. The van der Waals surface area contributed by atoms with Gasteiger partial charge in [-0.2, -0.15) is 0 Å². The quantitative estimate of drug-likeness (QED) is 0.846. The number of esters is 1. The van der Waals surface area contributed by atoms with Crippen molar-refractivity contribution in [2.24, 2.45) is 0 Å². The molecule has 1 heterocycles. The van der Waals surface area contributed by atoms with Crippen LogP contribution in [0.25, 0.3) is 0 Å². The van der Waals surface area contributed by atoms with Crippen molar-refractivity contribution in [3.63, 3.8) is 0 Å². The molecule has 1 aromatic rings. The summed E-state index contributed by atoms with van der Waals surface area (Å²) < 4.78 is 4.80. The second-order valence-electron chi connectivity index (χ2n) is 5.05. The number of likely N-dealkylation sites (tertiary alicyclic amines) is 1. The van der Waals surface area contributed by atoms with Crippen LogP contribution < -0.4 is 5.32 Å². The summed E-state index contributed by atoms with van der Waals surface area (Å²) in [5.41, 5.74) is 1.46. The first kappa shape index (κ1) is 13.9. The lowest BCUT2D eigenvalue weighted by molar-refractivity contribution is 0.0602. The highest BCUT2D eigenvalue weighted by molar-refractivity contribution is 5.95. The number of methoxy groups -OCH3 is 1. The van der Waals surface area contributed by atoms with E-state index in [2.05, 4.69) is 17.3 Å². The smallest absolute Gasteiger partial charge is 0.339 e. The Morgan fingerprint density at radius 3 is 2.95 bits per heavy atom. The molecule has 19 heavy (non-hydrogen) atoms. The first-order valence-corrected chi connectivity index (χ1v) is 6.84. The van der Waals surface area contributed by atoms with E-state index in [0.29, 0.717) is 11.6 Å². The first-order valence-electron chi connectivity index (χ1n) is 6.84. The van der Waals surface area contributed by atoms with Crippen LogP contribution in [0.3, 0.4) is 0 Å². The predicted octanol–water partition coefficient (Wildman–Crippen LogP) is 2.37. The van der Waals surface area contributed by atoms with Crippen LogP contribution in [0.1, 0.15) is 29.6 Å². The lowest BCUT2D eigenvalue weighted by atomic mass is 10.0. The average Bonchev–Trinajstić information content (AvgIpc) is 2.46. The van der Waals surface area contributed by atoms with Crippen LogP contribution in [0.4, 0.5) is 5.69 Å². The molecular weight excluding hydrogens is 240 g/mol. The third-order valence-electron chi connectivity index (χ3n) is 3.78. The van der Waals surface area contributed by atoms with Gasteiger partial charge < -0.3 is 15.0 Å². The Morgan fingerprint density at radius 2 is 2.21 bits per heavy atom. The molecule has 1 aliphatic rings. The van der Waals surface area contributed by atoms with E-state index in [4.69, 9.17) is 4.74 Å². The number of para-hydroxylation sites is 1. The van der Waals surface area contributed by atoms with Gasteiger partial charge in [-0.1, -0.05) is 18.6 Å². The van der Waals surface area contributed by atoms with Crippen molar-refractivity contribution >= 4 is 11.7 Å². The van der Waals surface area contributed by atoms with Crippen molar-refractivity contribution in [1.29, 1.82) is 0 Å². The number of carbonyl (C=O) groups excluding carboxylic acids is 1. The minimum atomic E-state index is -0.292. The van der Waals surface area contributed by atoms with Gasteiger partial charge in [-0.15, -0.1) is 0 Å². The fraction of sp³-hybridized carbons (Fsp3) is 0.533. The summed E-state index contributed by atoms with van der Waals surface area (Å²) in [6.45, 7) is 2.02. The molecule has 4 nitrogen and oxygen atoms in total. The second-order valence-corrected chi connectivity index (χ2v) is 5.05. The summed E-state index contributed by atoms with van der Waals surface area (Å²) in [6.07, 6.45) is 3.78. The average molecular weight is 262 g/mol. The molecule has 0 bridgehead atoms. The maximum absolute atomic E-state index is 11.7. The first-order chi connectivity index (χ1) is 9.22. The number of piperidine rings is 1. The summed E-state index contributed by atoms with van der Waals surface area (Å²) in [5.74, 6) is -0.292. The van der Waals surface area contributed by atoms with Gasteiger partial charge >= 0.3 is 5.97 Å². The van der Waals surface area contributed by atoms with Gasteiger partial charge in [-0.05, 0) is 38.6 Å². The number of anilines is 1. The molecule has 1 aliphatic heterocycles. The van der Waals surface area contributed by atoms with Crippen LogP contribution in [-0.2, 0) is 4.74 Å². The van der Waals surface area contributed by atoms with Gasteiger partial charge in [-0.3, -0.25) is 0 Å². The van der Waals surface area contributed by atoms with Crippen LogP contribution in [0.5, 0.6) is 0 Å². The topological polar surface area (TPSA) is 41.6 Å². The fourth-order valence-corrected chi connectivity index (χ4v) is 2.56. The molecule has 4 heteroatoms. The Bertz CT molecular complexity index is 434. The Hall–Kier alpha value is -1.55. The molecule has 1 fully saturated rings. The van der Waals surface area contributed by atoms with Crippen LogP contribution in [0, 0.1) is 0 Å². The van der Waals surface area contributed by atoms with Crippen LogP contribution in [0.15, 0.2) is 24.3 Å². The molecule has 104 valence electrons. The zero-order valence-corrected chi connectivity index (χ0v) is 11.7. The third kappa shape index (κ3) is 3.47. The SMILES string of the molecule is COC(=O)c1ccccc1NCC1CCCCN1C. The monoisotopic (exact) mass is 262 g/mol. The largest absolute Gasteiger partial charge is 0.465 e. The molecule has 1 aromatic carbocycles. The van der Waals surface area contributed by atoms with E-state index in [9.17, 15) is 4.79 Å². The highest BCUT2D eigenvalue weighted by Crippen LogP contribution is 2.19. The van der Waals surface area contributed by atoms with Gasteiger partial charge in [0.05, 0.1) is 12.7 Å². The summed E-state index contributed by atoms with van der Waals surface area (Å²) in [5, 5.41) is 3.39. The molecule has 0 saturated carbocycles. The number of nitrogens with one attached hydrogen (secondary N) is 1. The van der Waals surface area contributed by atoms with E-state index in [1.165, 1.54) is 26.4 Å². The highest BCUT2D eigenvalue weighted by atomic mass is 16.5. The van der Waals surface area contributed by atoms with Crippen molar-refractivity contribution < 1.29 is 9.53 Å². The number of rotatable bonds is 4. The molecule has 0 aliphatic carbocycles. The van der Waals surface area contributed by atoms with E-state index in [1.807, 2.05) is 18.2 Å². The number of nitrogens with zero attached hydrogens (tertiary/aromatic N) is 1. The van der Waals surface area contributed by atoms with E-state index in [0.717, 1.165) is 18.8 Å². The molecule has 0 spiro atoms. The van der Waals surface area contributed by atoms with E-state index in [1.54, 1.807) is 6.07 Å². The number of benzene rings is 1. The van der Waals surface area contributed by atoms with Gasteiger partial charge in [0.25, 0.3) is 0 Å². The van der Waals surface area contributed by atoms with Crippen molar-refractivity contribution in [1.82, 2.24) is 4.90 Å². The summed E-state index contributed by atoms with van der Waals surface area (Å²) in [6, 6.07) is 8.04. The third-order valence-corrected chi connectivity index (χ3v) is 3.78. The van der Waals surface area contributed by atoms with E-state index < -0.39 is 0 Å². The Kier molecular flexibility index (Phi) is 4.80. The van der Waals surface area contributed by atoms with Gasteiger partial charge in [0.15, 0.2) is 0 Å². The van der Waals surface area contributed by atoms with Crippen molar-refractivity contribution in [2.75, 3.05) is 32.6 Å². The molecule has 1 unspecified atom stereocenters. The molecule has 0 aromatic heterocycles. The number of hydrogen-bond acceptors (Lipinski definition) is 4. The molecule has 1 saturated heterocycles. The lowest BCUT2D eigenvalue weighted by Crippen LogP contribution is -2.40. The molecule has 2 rings (SSSR count). The standard InChI is InChI=1S/C15H22N2O2/c1-17-10-6-5-7-12(17)11-16-14-9-4-3-8-13(14)15(18)19-2/h3-4,8-9,12,16H,5-7,10-11H2,1-2H3. The molecule has 1 atom stereocenters. The number of ether oxygens (including phenoxy) is 1. The van der Waals surface area contributed by atoms with Crippen molar-refractivity contribution in [3.8, 4) is 0 Å². The summed E-state index contributed by atoms with van der Waals surface area (Å²) in [4.78, 5) is 14.1. The molecule has 0 radical (unpaired) electrons. The lowest BCUT2D eigenvalue weighted by Gasteiger charge is -2.32. The Balaban J connectivity index is 2.01. The van der Waals surface area contributed by atoms with Gasteiger partial charge in [0.1, 0.15) is 0 Å². The zero-order chi connectivity index (χ0) is 13.7. The molecule has 1 N–H and O–H groups in total. The minimum Gasteiger partial charge on any atom is -0.465 e. The minimum absolute atomic E-state index is 0.292. The van der Waals surface area contributed by atoms with E-state index >= 15 is 0 Å². The van der Waals surface area contributed by atoms with Gasteiger partial charge in [-0.25, -0.2) is 4.79 Å². The normalized spacial score (nSPS) is 20.0. The second kappa shape index (κ2) is 6.57. The predicted molar refractivity (Wildman–Crippen MR) is 76.5 cm³/mol. The number of hydrogen-bond donors (Lipinski definition) is 1. The molecular formula is C15H22N2O2. The fourth-order valence-electron chi connectivity index (χ4n) is 2.56.